The van der Waals surface area contributed by atoms with Crippen LogP contribution in [0.15, 0.2) is 11.1 Å². The Morgan fingerprint density at radius 1 is 1.26 bits per heavy atom. The van der Waals surface area contributed by atoms with Crippen molar-refractivity contribution in [3.63, 3.8) is 0 Å². The lowest BCUT2D eigenvalue weighted by molar-refractivity contribution is -0.156. The second kappa shape index (κ2) is 7.80. The van der Waals surface area contributed by atoms with Gasteiger partial charge in [-0.2, -0.15) is 0 Å². The highest BCUT2D eigenvalue weighted by Gasteiger charge is 2.25. The lowest BCUT2D eigenvalue weighted by atomic mass is 9.97. The Hall–Kier alpha value is -2.22. The molecule has 0 radical (unpaired) electrons. The quantitative estimate of drug-likeness (QED) is 0.807. The monoisotopic (exact) mass is 389 g/mol. The summed E-state index contributed by atoms with van der Waals surface area (Å²) in [7, 11) is 0. The molecule has 2 aromatic heterocycles. The van der Waals surface area contributed by atoms with Gasteiger partial charge in [0, 0.05) is 18.0 Å². The van der Waals surface area contributed by atoms with E-state index in [2.05, 4.69) is 10.3 Å². The van der Waals surface area contributed by atoms with Crippen LogP contribution in [0.5, 0.6) is 0 Å². The molecule has 1 atom stereocenters. The molecule has 7 nitrogen and oxygen atoms in total. The Morgan fingerprint density at radius 3 is 3.00 bits per heavy atom. The SMILES string of the molecule is O=C(CCn1cnc2sc3c(c2c1=O)CCCC3)O[C@H]1CCCCNC1=O. The molecule has 2 aromatic rings. The first-order chi connectivity index (χ1) is 13.1. The highest BCUT2D eigenvalue weighted by Crippen LogP contribution is 2.33. The summed E-state index contributed by atoms with van der Waals surface area (Å²) < 4.78 is 6.81. The fraction of sp³-hybridized carbons (Fsp3) is 0.579. The van der Waals surface area contributed by atoms with Crippen LogP contribution in [0.3, 0.4) is 0 Å². The molecule has 1 saturated heterocycles. The first-order valence-corrected chi connectivity index (χ1v) is 10.4. The molecular formula is C19H23N3O4S. The number of aryl methyl sites for hydroxylation is 3. The van der Waals surface area contributed by atoms with Crippen LogP contribution in [0.1, 0.15) is 49.0 Å². The van der Waals surface area contributed by atoms with Crippen molar-refractivity contribution < 1.29 is 14.3 Å². The number of ether oxygens (including phenoxy) is 1. The van der Waals surface area contributed by atoms with Crippen molar-refractivity contribution >= 4 is 33.4 Å². The van der Waals surface area contributed by atoms with E-state index >= 15 is 0 Å². The van der Waals surface area contributed by atoms with Gasteiger partial charge in [0.1, 0.15) is 4.83 Å². The molecule has 27 heavy (non-hydrogen) atoms. The van der Waals surface area contributed by atoms with Crippen LogP contribution in [0.25, 0.3) is 10.2 Å². The van der Waals surface area contributed by atoms with E-state index in [0.29, 0.717) is 18.4 Å². The van der Waals surface area contributed by atoms with E-state index in [-0.39, 0.29) is 24.4 Å². The maximum atomic E-state index is 12.9. The van der Waals surface area contributed by atoms with Crippen LogP contribution < -0.4 is 10.9 Å². The van der Waals surface area contributed by atoms with E-state index in [0.717, 1.165) is 48.9 Å². The first-order valence-electron chi connectivity index (χ1n) is 9.60. The third-order valence-corrected chi connectivity index (χ3v) is 6.46. The van der Waals surface area contributed by atoms with Gasteiger partial charge in [-0.15, -0.1) is 11.3 Å². The minimum Gasteiger partial charge on any atom is -0.452 e. The molecule has 1 aliphatic carbocycles. The number of hydrogen-bond acceptors (Lipinski definition) is 6. The average Bonchev–Trinajstić information content (AvgIpc) is 2.93. The molecule has 0 aromatic carbocycles. The van der Waals surface area contributed by atoms with Gasteiger partial charge in [0.15, 0.2) is 6.10 Å². The van der Waals surface area contributed by atoms with Crippen LogP contribution in [0, 0.1) is 0 Å². The Balaban J connectivity index is 1.45. The summed E-state index contributed by atoms with van der Waals surface area (Å²) in [4.78, 5) is 43.4. The van der Waals surface area contributed by atoms with Gasteiger partial charge in [-0.25, -0.2) is 4.98 Å². The molecule has 0 unspecified atom stereocenters. The number of carbonyl (C=O) groups is 2. The van der Waals surface area contributed by atoms with E-state index in [1.165, 1.54) is 15.8 Å². The van der Waals surface area contributed by atoms with E-state index in [1.54, 1.807) is 11.3 Å². The van der Waals surface area contributed by atoms with E-state index in [1.807, 2.05) is 0 Å². The average molecular weight is 389 g/mol. The third-order valence-electron chi connectivity index (χ3n) is 5.26. The van der Waals surface area contributed by atoms with E-state index in [9.17, 15) is 14.4 Å². The van der Waals surface area contributed by atoms with Crippen LogP contribution in [0.2, 0.25) is 0 Å². The summed E-state index contributed by atoms with van der Waals surface area (Å²) in [6.45, 7) is 0.832. The molecular weight excluding hydrogens is 366 g/mol. The summed E-state index contributed by atoms with van der Waals surface area (Å²) >= 11 is 1.61. The highest BCUT2D eigenvalue weighted by atomic mass is 32.1. The van der Waals surface area contributed by atoms with E-state index in [4.69, 9.17) is 4.74 Å². The van der Waals surface area contributed by atoms with E-state index < -0.39 is 12.1 Å². The second-order valence-corrected chi connectivity index (χ2v) is 8.23. The number of hydrogen-bond donors (Lipinski definition) is 1. The Kier molecular flexibility index (Phi) is 5.24. The van der Waals surface area contributed by atoms with Crippen molar-refractivity contribution in [1.29, 1.82) is 0 Å². The number of rotatable bonds is 4. The number of aromatic nitrogens is 2. The number of nitrogens with zero attached hydrogens (tertiary/aromatic N) is 2. The smallest absolute Gasteiger partial charge is 0.308 e. The van der Waals surface area contributed by atoms with Gasteiger partial charge in [-0.05, 0) is 50.5 Å². The molecule has 144 valence electrons. The Labute approximate surface area is 160 Å². The normalized spacial score (nSPS) is 20.0. The molecule has 1 fully saturated rings. The summed E-state index contributed by atoms with van der Waals surface area (Å²) in [5, 5.41) is 3.47. The Bertz CT molecular complexity index is 933. The molecule has 4 rings (SSSR count). The lowest BCUT2D eigenvalue weighted by Crippen LogP contribution is -2.36. The van der Waals surface area contributed by atoms with Crippen molar-refractivity contribution in [2.45, 2.75) is 64.0 Å². The maximum absolute atomic E-state index is 12.9. The molecule has 8 heteroatoms. The van der Waals surface area contributed by atoms with Gasteiger partial charge in [0.2, 0.25) is 0 Å². The van der Waals surface area contributed by atoms with Crippen molar-refractivity contribution in [3.8, 4) is 0 Å². The highest BCUT2D eigenvalue weighted by molar-refractivity contribution is 7.18. The molecule has 2 aliphatic rings. The molecule has 0 saturated carbocycles. The summed E-state index contributed by atoms with van der Waals surface area (Å²) in [6.07, 6.45) is 7.33. The fourth-order valence-electron chi connectivity index (χ4n) is 3.79. The predicted molar refractivity (Wildman–Crippen MR) is 102 cm³/mol. The van der Waals surface area contributed by atoms with Crippen molar-refractivity contribution in [2.24, 2.45) is 0 Å². The zero-order valence-electron chi connectivity index (χ0n) is 15.2. The first kappa shape index (κ1) is 18.2. The molecule has 1 aliphatic heterocycles. The number of esters is 1. The number of nitrogens with one attached hydrogen (secondary N) is 1. The standard InChI is InChI=1S/C19H23N3O4S/c23-15(26-13-6-3-4-9-20-17(13)24)8-10-22-11-21-18-16(19(22)25)12-5-1-2-7-14(12)27-18/h11,13H,1-10H2,(H,20,24)/t13-/m0/s1. The van der Waals surface area contributed by atoms with Crippen molar-refractivity contribution in [2.75, 3.05) is 6.54 Å². The van der Waals surface area contributed by atoms with Crippen LogP contribution in [0.4, 0.5) is 0 Å². The predicted octanol–water partition coefficient (Wildman–Crippen LogP) is 1.94. The van der Waals surface area contributed by atoms with Gasteiger partial charge < -0.3 is 10.1 Å². The van der Waals surface area contributed by atoms with Crippen LogP contribution in [-0.2, 0) is 33.7 Å². The largest absolute Gasteiger partial charge is 0.452 e. The maximum Gasteiger partial charge on any atom is 0.308 e. The zero-order chi connectivity index (χ0) is 18.8. The number of carbonyl (C=O) groups excluding carboxylic acids is 2. The minimum absolute atomic E-state index is 0.0448. The molecule has 1 amide bonds. The summed E-state index contributed by atoms with van der Waals surface area (Å²) in [6, 6.07) is 0. The van der Waals surface area contributed by atoms with Gasteiger partial charge in [0.25, 0.3) is 11.5 Å². The van der Waals surface area contributed by atoms with Crippen molar-refractivity contribution in [1.82, 2.24) is 14.9 Å². The summed E-state index contributed by atoms with van der Waals surface area (Å²) in [5.41, 5.74) is 1.06. The van der Waals surface area contributed by atoms with Crippen LogP contribution >= 0.6 is 11.3 Å². The fourth-order valence-corrected chi connectivity index (χ4v) is 5.01. The van der Waals surface area contributed by atoms with Gasteiger partial charge in [-0.1, -0.05) is 0 Å². The van der Waals surface area contributed by atoms with Gasteiger partial charge >= 0.3 is 5.97 Å². The second-order valence-electron chi connectivity index (χ2n) is 7.15. The minimum atomic E-state index is -0.721. The molecule has 1 N–H and O–H groups in total. The summed E-state index contributed by atoms with van der Waals surface area (Å²) in [5.74, 6) is -0.692. The number of thiophene rings is 1. The number of amides is 1. The van der Waals surface area contributed by atoms with Crippen molar-refractivity contribution in [3.05, 3.63) is 27.1 Å². The zero-order valence-corrected chi connectivity index (χ0v) is 16.0. The number of fused-ring (bicyclic) bond motifs is 3. The third kappa shape index (κ3) is 3.76. The Morgan fingerprint density at radius 2 is 2.11 bits per heavy atom. The molecule has 3 heterocycles. The van der Waals surface area contributed by atoms with Crippen LogP contribution in [-0.4, -0.2) is 34.1 Å². The molecule has 0 bridgehead atoms. The van der Waals surface area contributed by atoms with Gasteiger partial charge in [-0.3, -0.25) is 19.0 Å². The molecule has 0 spiro atoms. The lowest BCUT2D eigenvalue weighted by Gasteiger charge is -2.14. The topological polar surface area (TPSA) is 90.3 Å². The van der Waals surface area contributed by atoms with Gasteiger partial charge in [0.05, 0.1) is 18.1 Å².